The summed E-state index contributed by atoms with van der Waals surface area (Å²) in [6.45, 7) is 2.40. The Hall–Kier alpha value is -3.19. The third-order valence-corrected chi connectivity index (χ3v) is 3.96. The molecule has 1 atom stereocenters. The van der Waals surface area contributed by atoms with Gasteiger partial charge in [-0.15, -0.1) is 0 Å². The number of anilines is 2. The van der Waals surface area contributed by atoms with Crippen LogP contribution < -0.4 is 15.4 Å². The van der Waals surface area contributed by atoms with Crippen molar-refractivity contribution in [1.82, 2.24) is 15.0 Å². The third kappa shape index (κ3) is 4.92. The number of pyridine rings is 1. The van der Waals surface area contributed by atoms with Gasteiger partial charge in [0.15, 0.2) is 0 Å². The van der Waals surface area contributed by atoms with Gasteiger partial charge in [0.1, 0.15) is 11.6 Å². The number of ether oxygens (including phenoxy) is 1. The number of aliphatic hydroxyl groups excluding tert-OH is 1. The first-order valence-corrected chi connectivity index (χ1v) is 8.73. The van der Waals surface area contributed by atoms with Gasteiger partial charge in [0.05, 0.1) is 25.1 Å². The molecular formula is C20H23N5O2. The van der Waals surface area contributed by atoms with Gasteiger partial charge in [0, 0.05) is 30.4 Å². The Balaban J connectivity index is 1.87. The SMILES string of the molecule is COc1ccccc1CNc1cc(-c2ccccn2)nc(N[C@@H](C)CO)n1. The number of nitrogens with zero attached hydrogens (tertiary/aromatic N) is 3. The van der Waals surface area contributed by atoms with Crippen molar-refractivity contribution < 1.29 is 9.84 Å². The van der Waals surface area contributed by atoms with Gasteiger partial charge < -0.3 is 20.5 Å². The summed E-state index contributed by atoms with van der Waals surface area (Å²) in [5.74, 6) is 1.91. The number of benzene rings is 1. The van der Waals surface area contributed by atoms with Crippen LogP contribution >= 0.6 is 0 Å². The summed E-state index contributed by atoms with van der Waals surface area (Å²) in [6, 6.07) is 15.2. The molecule has 3 aromatic rings. The van der Waals surface area contributed by atoms with Gasteiger partial charge in [0.25, 0.3) is 0 Å². The molecule has 0 aliphatic rings. The molecule has 3 rings (SSSR count). The number of methoxy groups -OCH3 is 1. The molecule has 2 aromatic heterocycles. The highest BCUT2D eigenvalue weighted by Crippen LogP contribution is 2.22. The Kier molecular flexibility index (Phi) is 6.17. The van der Waals surface area contributed by atoms with E-state index in [-0.39, 0.29) is 12.6 Å². The molecule has 0 saturated heterocycles. The van der Waals surface area contributed by atoms with Gasteiger partial charge in [-0.25, -0.2) is 4.98 Å². The van der Waals surface area contributed by atoms with Crippen LogP contribution in [0.4, 0.5) is 11.8 Å². The first kappa shape index (κ1) is 18.6. The van der Waals surface area contributed by atoms with E-state index < -0.39 is 0 Å². The Bertz CT molecular complexity index is 873. The van der Waals surface area contributed by atoms with Gasteiger partial charge in [-0.3, -0.25) is 4.98 Å². The van der Waals surface area contributed by atoms with Crippen LogP contribution in [0.2, 0.25) is 0 Å². The van der Waals surface area contributed by atoms with E-state index in [0.717, 1.165) is 17.0 Å². The second-order valence-electron chi connectivity index (χ2n) is 6.07. The molecule has 0 amide bonds. The van der Waals surface area contributed by atoms with Crippen LogP contribution in [0.1, 0.15) is 12.5 Å². The standard InChI is InChI=1S/C20H23N5O2/c1-14(13-26)23-20-24-17(16-8-5-6-10-21-16)11-19(25-20)22-12-15-7-3-4-9-18(15)27-2/h3-11,14,26H,12-13H2,1-2H3,(H2,22,23,24,25)/t14-/m0/s1. The molecule has 0 saturated carbocycles. The zero-order valence-corrected chi connectivity index (χ0v) is 15.4. The van der Waals surface area contributed by atoms with Crippen molar-refractivity contribution in [1.29, 1.82) is 0 Å². The summed E-state index contributed by atoms with van der Waals surface area (Å²) >= 11 is 0. The number of aliphatic hydroxyl groups is 1. The van der Waals surface area contributed by atoms with E-state index in [1.807, 2.05) is 55.5 Å². The largest absolute Gasteiger partial charge is 0.496 e. The fraction of sp³-hybridized carbons (Fsp3) is 0.250. The lowest BCUT2D eigenvalue weighted by atomic mass is 10.2. The molecule has 0 aliphatic carbocycles. The minimum Gasteiger partial charge on any atom is -0.496 e. The van der Waals surface area contributed by atoms with Crippen molar-refractivity contribution >= 4 is 11.8 Å². The molecule has 3 N–H and O–H groups in total. The van der Waals surface area contributed by atoms with E-state index in [4.69, 9.17) is 4.74 Å². The highest BCUT2D eigenvalue weighted by Gasteiger charge is 2.10. The Labute approximate surface area is 158 Å². The van der Waals surface area contributed by atoms with E-state index in [9.17, 15) is 5.11 Å². The fourth-order valence-electron chi connectivity index (χ4n) is 2.55. The number of rotatable bonds is 8. The topological polar surface area (TPSA) is 92.2 Å². The molecule has 2 heterocycles. The summed E-state index contributed by atoms with van der Waals surface area (Å²) in [5, 5.41) is 15.7. The predicted octanol–water partition coefficient (Wildman–Crippen LogP) is 2.95. The van der Waals surface area contributed by atoms with Crippen LogP contribution in [0, 0.1) is 0 Å². The molecule has 0 unspecified atom stereocenters. The molecule has 0 radical (unpaired) electrons. The van der Waals surface area contributed by atoms with E-state index >= 15 is 0 Å². The molecule has 0 spiro atoms. The maximum Gasteiger partial charge on any atom is 0.225 e. The fourth-order valence-corrected chi connectivity index (χ4v) is 2.55. The summed E-state index contributed by atoms with van der Waals surface area (Å²) in [5.41, 5.74) is 2.47. The van der Waals surface area contributed by atoms with Crippen molar-refractivity contribution in [2.75, 3.05) is 24.4 Å². The lowest BCUT2D eigenvalue weighted by Gasteiger charge is -2.14. The Morgan fingerprint density at radius 3 is 2.63 bits per heavy atom. The van der Waals surface area contributed by atoms with Crippen molar-refractivity contribution in [2.24, 2.45) is 0 Å². The van der Waals surface area contributed by atoms with Crippen molar-refractivity contribution in [2.45, 2.75) is 19.5 Å². The normalized spacial score (nSPS) is 11.7. The Morgan fingerprint density at radius 1 is 1.07 bits per heavy atom. The minimum absolute atomic E-state index is 0.0127. The van der Waals surface area contributed by atoms with Gasteiger partial charge in [-0.1, -0.05) is 24.3 Å². The molecule has 0 fully saturated rings. The molecule has 140 valence electrons. The molecule has 0 aliphatic heterocycles. The van der Waals surface area contributed by atoms with Crippen molar-refractivity contribution in [3.8, 4) is 17.1 Å². The minimum atomic E-state index is -0.161. The number of hydrogen-bond donors (Lipinski definition) is 3. The van der Waals surface area contributed by atoms with Crippen LogP contribution in [0.15, 0.2) is 54.7 Å². The maximum absolute atomic E-state index is 9.30. The summed E-state index contributed by atoms with van der Waals surface area (Å²) < 4.78 is 5.39. The van der Waals surface area contributed by atoms with Crippen LogP contribution in [-0.4, -0.2) is 39.8 Å². The smallest absolute Gasteiger partial charge is 0.225 e. The van der Waals surface area contributed by atoms with Gasteiger partial charge >= 0.3 is 0 Å². The highest BCUT2D eigenvalue weighted by molar-refractivity contribution is 5.61. The average Bonchev–Trinajstić information content (AvgIpc) is 2.72. The molecule has 27 heavy (non-hydrogen) atoms. The number of hydrogen-bond acceptors (Lipinski definition) is 7. The summed E-state index contributed by atoms with van der Waals surface area (Å²) in [7, 11) is 1.65. The second-order valence-corrected chi connectivity index (χ2v) is 6.07. The zero-order valence-electron chi connectivity index (χ0n) is 15.4. The third-order valence-electron chi connectivity index (χ3n) is 3.96. The maximum atomic E-state index is 9.30. The average molecular weight is 365 g/mol. The van der Waals surface area contributed by atoms with Crippen molar-refractivity contribution in [3.05, 3.63) is 60.3 Å². The van der Waals surface area contributed by atoms with E-state index in [2.05, 4.69) is 25.6 Å². The van der Waals surface area contributed by atoms with Crippen LogP contribution in [0.5, 0.6) is 5.75 Å². The van der Waals surface area contributed by atoms with Crippen LogP contribution in [-0.2, 0) is 6.54 Å². The summed E-state index contributed by atoms with van der Waals surface area (Å²) in [6.07, 6.45) is 1.73. The lowest BCUT2D eigenvalue weighted by molar-refractivity contribution is 0.281. The van der Waals surface area contributed by atoms with Crippen molar-refractivity contribution in [3.63, 3.8) is 0 Å². The highest BCUT2D eigenvalue weighted by atomic mass is 16.5. The number of aromatic nitrogens is 3. The molecular weight excluding hydrogens is 342 g/mol. The zero-order chi connectivity index (χ0) is 19.1. The number of nitrogens with one attached hydrogen (secondary N) is 2. The van der Waals surface area contributed by atoms with E-state index in [0.29, 0.717) is 24.0 Å². The first-order chi connectivity index (χ1) is 13.2. The van der Waals surface area contributed by atoms with Gasteiger partial charge in [-0.05, 0) is 25.1 Å². The lowest BCUT2D eigenvalue weighted by Crippen LogP contribution is -2.21. The van der Waals surface area contributed by atoms with Gasteiger partial charge in [0.2, 0.25) is 5.95 Å². The quantitative estimate of drug-likeness (QED) is 0.565. The van der Waals surface area contributed by atoms with Crippen LogP contribution in [0.25, 0.3) is 11.4 Å². The van der Waals surface area contributed by atoms with Crippen LogP contribution in [0.3, 0.4) is 0 Å². The Morgan fingerprint density at radius 2 is 1.89 bits per heavy atom. The van der Waals surface area contributed by atoms with E-state index in [1.54, 1.807) is 13.3 Å². The van der Waals surface area contributed by atoms with E-state index in [1.165, 1.54) is 0 Å². The second kappa shape index (κ2) is 8.95. The summed E-state index contributed by atoms with van der Waals surface area (Å²) in [4.78, 5) is 13.4. The van der Waals surface area contributed by atoms with Gasteiger partial charge in [-0.2, -0.15) is 4.98 Å². The monoisotopic (exact) mass is 365 g/mol. The molecule has 1 aromatic carbocycles. The molecule has 7 heteroatoms. The molecule has 7 nitrogen and oxygen atoms in total. The molecule has 0 bridgehead atoms. The number of para-hydroxylation sites is 1. The first-order valence-electron chi connectivity index (χ1n) is 8.73. The predicted molar refractivity (Wildman–Crippen MR) is 106 cm³/mol.